The third kappa shape index (κ3) is 4.97. The zero-order valence-corrected chi connectivity index (χ0v) is 16.4. The first-order valence-corrected chi connectivity index (χ1v) is 9.23. The van der Waals surface area contributed by atoms with Crippen molar-refractivity contribution < 1.29 is 14.4 Å². The van der Waals surface area contributed by atoms with E-state index in [9.17, 15) is 4.79 Å². The molecule has 2 atom stereocenters. The Morgan fingerprint density at radius 2 is 1.85 bits per heavy atom. The van der Waals surface area contributed by atoms with Crippen LogP contribution in [0.2, 0.25) is 5.02 Å². The summed E-state index contributed by atoms with van der Waals surface area (Å²) in [6.07, 6.45) is 2.11. The maximum atomic E-state index is 12.1. The summed E-state index contributed by atoms with van der Waals surface area (Å²) in [7, 11) is 0. The highest BCUT2D eigenvalue weighted by Crippen LogP contribution is 2.39. The van der Waals surface area contributed by atoms with Gasteiger partial charge in [0.25, 0.3) is 0 Å². The molecule has 0 saturated heterocycles. The molecular weight excluding hydrogens is 364 g/mol. The third-order valence-corrected chi connectivity index (χ3v) is 4.93. The first-order valence-electron chi connectivity index (χ1n) is 8.85. The van der Waals surface area contributed by atoms with Crippen molar-refractivity contribution in [3.63, 3.8) is 0 Å². The van der Waals surface area contributed by atoms with Gasteiger partial charge in [-0.05, 0) is 61.2 Å². The summed E-state index contributed by atoms with van der Waals surface area (Å²) in [5.74, 6) is 0.0953. The number of nitrogens with one attached hydrogen (secondary N) is 1. The zero-order chi connectivity index (χ0) is 20.0. The number of benzene rings is 2. The van der Waals surface area contributed by atoms with Crippen molar-refractivity contribution in [1.82, 2.24) is 0 Å². The van der Waals surface area contributed by atoms with E-state index in [-0.39, 0.29) is 24.1 Å². The first-order chi connectivity index (χ1) is 12.9. The number of amides is 1. The fourth-order valence-electron chi connectivity index (χ4n) is 3.50. The molecule has 0 aliphatic carbocycles. The van der Waals surface area contributed by atoms with Gasteiger partial charge >= 0.3 is 6.15 Å². The van der Waals surface area contributed by atoms with Gasteiger partial charge < -0.3 is 10.2 Å². The average Bonchev–Trinajstić information content (AvgIpc) is 2.63. The predicted octanol–water partition coefficient (Wildman–Crippen LogP) is 4.62. The molecule has 0 spiro atoms. The number of rotatable bonds is 3. The Labute approximate surface area is 164 Å². The van der Waals surface area contributed by atoms with E-state index in [1.807, 2.05) is 29.2 Å². The Bertz CT molecular complexity index is 830. The van der Waals surface area contributed by atoms with Gasteiger partial charge in [-0.1, -0.05) is 30.7 Å². The number of hydrogen-bond donors (Lipinski definition) is 1. The third-order valence-electron chi connectivity index (χ3n) is 4.68. The summed E-state index contributed by atoms with van der Waals surface area (Å²) in [6, 6.07) is 14.5. The van der Waals surface area contributed by atoms with E-state index in [2.05, 4.69) is 37.4 Å². The molecule has 142 valence electrons. The van der Waals surface area contributed by atoms with Crippen molar-refractivity contribution in [2.24, 2.45) is 0 Å². The molecule has 6 heteroatoms. The van der Waals surface area contributed by atoms with Crippen LogP contribution in [0.15, 0.2) is 42.5 Å². The Kier molecular flexibility index (Phi) is 7.17. The van der Waals surface area contributed by atoms with Crippen LogP contribution in [0.4, 0.5) is 11.4 Å². The number of aryl methyl sites for hydroxylation is 1. The Morgan fingerprint density at radius 3 is 2.41 bits per heavy atom. The maximum absolute atomic E-state index is 12.1. The SMILES string of the molecule is CCc1ccc2c(c1)C(Nc1ccc(Cl)cc1)CC(C)N2C(C)=O.O=C=O. The minimum Gasteiger partial charge on any atom is -0.378 e. The molecule has 1 aliphatic heterocycles. The highest BCUT2D eigenvalue weighted by Gasteiger charge is 2.32. The summed E-state index contributed by atoms with van der Waals surface area (Å²) in [6.45, 7) is 5.90. The standard InChI is InChI=1S/C20H23ClN2O.CO2/c1-4-15-5-10-20-18(12-15)19(11-13(2)23(20)14(3)24)22-17-8-6-16(21)7-9-17;2-1-3/h5-10,12-13,19,22H,4,11H2,1-3H3;. The number of halogens is 1. The molecule has 0 fully saturated rings. The molecule has 1 heterocycles. The lowest BCUT2D eigenvalue weighted by Gasteiger charge is -2.39. The number of carbonyl (C=O) groups is 1. The van der Waals surface area contributed by atoms with Gasteiger partial charge in [0.05, 0.1) is 6.04 Å². The summed E-state index contributed by atoms with van der Waals surface area (Å²) in [5.41, 5.74) is 4.54. The van der Waals surface area contributed by atoms with Crippen LogP contribution in [-0.4, -0.2) is 18.1 Å². The normalized spacial score (nSPS) is 17.9. The number of carbonyl (C=O) groups excluding carboxylic acids is 3. The van der Waals surface area contributed by atoms with Crippen LogP contribution in [0, 0.1) is 0 Å². The monoisotopic (exact) mass is 386 g/mol. The van der Waals surface area contributed by atoms with Gasteiger partial charge in [0.1, 0.15) is 0 Å². The van der Waals surface area contributed by atoms with Gasteiger partial charge in [-0.3, -0.25) is 4.79 Å². The molecule has 3 rings (SSSR count). The smallest absolute Gasteiger partial charge is 0.373 e. The van der Waals surface area contributed by atoms with E-state index in [1.165, 1.54) is 11.1 Å². The molecule has 0 saturated carbocycles. The summed E-state index contributed by atoms with van der Waals surface area (Å²) < 4.78 is 0. The summed E-state index contributed by atoms with van der Waals surface area (Å²) in [5, 5.41) is 4.34. The highest BCUT2D eigenvalue weighted by molar-refractivity contribution is 6.30. The van der Waals surface area contributed by atoms with E-state index in [1.54, 1.807) is 6.92 Å². The highest BCUT2D eigenvalue weighted by atomic mass is 35.5. The second-order valence-electron chi connectivity index (χ2n) is 6.51. The van der Waals surface area contributed by atoms with Gasteiger partial charge in [-0.15, -0.1) is 0 Å². The fourth-order valence-corrected chi connectivity index (χ4v) is 3.62. The van der Waals surface area contributed by atoms with Crippen molar-refractivity contribution in [3.8, 4) is 0 Å². The fraction of sp³-hybridized carbons (Fsp3) is 0.333. The molecule has 27 heavy (non-hydrogen) atoms. The number of anilines is 2. The number of hydrogen-bond acceptors (Lipinski definition) is 4. The van der Waals surface area contributed by atoms with Gasteiger partial charge in [0.2, 0.25) is 5.91 Å². The van der Waals surface area contributed by atoms with Crippen molar-refractivity contribution in [1.29, 1.82) is 0 Å². The molecular formula is C21H23ClN2O3. The minimum atomic E-state index is 0.0953. The summed E-state index contributed by atoms with van der Waals surface area (Å²) >= 11 is 5.98. The molecule has 0 aromatic heterocycles. The van der Waals surface area contributed by atoms with Crippen LogP contribution >= 0.6 is 11.6 Å². The van der Waals surface area contributed by atoms with E-state index in [0.29, 0.717) is 0 Å². The second-order valence-corrected chi connectivity index (χ2v) is 6.94. The molecule has 5 nitrogen and oxygen atoms in total. The lowest BCUT2D eigenvalue weighted by Crippen LogP contribution is -2.43. The van der Waals surface area contributed by atoms with Crippen molar-refractivity contribution in [2.45, 2.75) is 45.7 Å². The molecule has 1 N–H and O–H groups in total. The predicted molar refractivity (Wildman–Crippen MR) is 106 cm³/mol. The van der Waals surface area contributed by atoms with Gasteiger partial charge in [0.15, 0.2) is 0 Å². The maximum Gasteiger partial charge on any atom is 0.373 e. The van der Waals surface area contributed by atoms with E-state index >= 15 is 0 Å². The number of fused-ring (bicyclic) bond motifs is 1. The molecule has 0 radical (unpaired) electrons. The average molecular weight is 387 g/mol. The van der Waals surface area contributed by atoms with Crippen LogP contribution in [-0.2, 0) is 20.8 Å². The molecule has 1 amide bonds. The molecule has 2 aromatic carbocycles. The lowest BCUT2D eigenvalue weighted by atomic mass is 9.89. The molecule has 0 bridgehead atoms. The Balaban J connectivity index is 0.000000817. The van der Waals surface area contributed by atoms with E-state index < -0.39 is 0 Å². The van der Waals surface area contributed by atoms with E-state index in [0.717, 1.165) is 29.2 Å². The van der Waals surface area contributed by atoms with Gasteiger partial charge in [-0.2, -0.15) is 9.59 Å². The van der Waals surface area contributed by atoms with Gasteiger partial charge in [-0.25, -0.2) is 0 Å². The van der Waals surface area contributed by atoms with Crippen LogP contribution in [0.5, 0.6) is 0 Å². The van der Waals surface area contributed by atoms with Crippen LogP contribution in [0.3, 0.4) is 0 Å². The number of nitrogens with zero attached hydrogens (tertiary/aromatic N) is 1. The first kappa shape index (κ1) is 20.7. The van der Waals surface area contributed by atoms with Gasteiger partial charge in [0, 0.05) is 29.4 Å². The van der Waals surface area contributed by atoms with Crippen molar-refractivity contribution in [3.05, 3.63) is 58.6 Å². The van der Waals surface area contributed by atoms with Crippen LogP contribution in [0.1, 0.15) is 44.4 Å². The molecule has 1 aliphatic rings. The lowest BCUT2D eigenvalue weighted by molar-refractivity contribution is -0.191. The van der Waals surface area contributed by atoms with Crippen molar-refractivity contribution in [2.75, 3.05) is 10.2 Å². The largest absolute Gasteiger partial charge is 0.378 e. The summed E-state index contributed by atoms with van der Waals surface area (Å²) in [4.78, 5) is 30.3. The zero-order valence-electron chi connectivity index (χ0n) is 15.7. The molecule has 2 aromatic rings. The van der Waals surface area contributed by atoms with Crippen LogP contribution < -0.4 is 10.2 Å². The topological polar surface area (TPSA) is 66.5 Å². The van der Waals surface area contributed by atoms with Crippen molar-refractivity contribution >= 4 is 35.0 Å². The second kappa shape index (κ2) is 9.36. The Morgan fingerprint density at radius 1 is 1.22 bits per heavy atom. The Hall–Kier alpha value is -2.62. The minimum absolute atomic E-state index is 0.0953. The van der Waals surface area contributed by atoms with Crippen LogP contribution in [0.25, 0.3) is 0 Å². The quantitative estimate of drug-likeness (QED) is 0.835. The molecule has 2 unspecified atom stereocenters. The van der Waals surface area contributed by atoms with E-state index in [4.69, 9.17) is 21.2 Å².